The molecule has 0 aliphatic carbocycles. The Morgan fingerprint density at radius 2 is 2.64 bits per heavy atom. The Hall–Kier alpha value is -0.720. The lowest BCUT2D eigenvalue weighted by atomic mass is 10.7. The van der Waals surface area contributed by atoms with Gasteiger partial charge >= 0.3 is 0 Å². The highest BCUT2D eigenvalue weighted by Crippen LogP contribution is 2.02. The van der Waals surface area contributed by atoms with Gasteiger partial charge in [0.25, 0.3) is 0 Å². The van der Waals surface area contributed by atoms with E-state index in [2.05, 4.69) is 5.10 Å². The average molecular weight is 176 g/mol. The average Bonchev–Trinajstić information content (AvgIpc) is 2.36. The lowest BCUT2D eigenvalue weighted by molar-refractivity contribution is 0.112. The number of hydrogen-bond donors (Lipinski definition) is 1. The van der Waals surface area contributed by atoms with Gasteiger partial charge in [0.05, 0.1) is 6.20 Å². The van der Waals surface area contributed by atoms with Crippen LogP contribution in [-0.4, -0.2) is 25.7 Å². The van der Waals surface area contributed by atoms with Crippen molar-refractivity contribution in [2.24, 2.45) is 0 Å². The number of nitrogens with zero attached hydrogens (tertiary/aromatic N) is 2. The Kier molecular flexibility index (Phi) is 2.75. The number of rotatable bonds is 3. The number of ether oxygens (including phenoxy) is 1. The van der Waals surface area contributed by atoms with Crippen molar-refractivity contribution >= 4 is 11.1 Å². The van der Waals surface area contributed by atoms with E-state index in [4.69, 9.17) is 9.29 Å². The van der Waals surface area contributed by atoms with Crippen molar-refractivity contribution in [1.82, 2.24) is 9.78 Å². The monoisotopic (exact) mass is 176 g/mol. The van der Waals surface area contributed by atoms with Gasteiger partial charge in [-0.25, -0.2) is 8.89 Å². The first kappa shape index (κ1) is 8.38. The van der Waals surface area contributed by atoms with Crippen molar-refractivity contribution in [2.45, 2.75) is 11.8 Å². The summed E-state index contributed by atoms with van der Waals surface area (Å²) >= 11 is -1.99. The predicted octanol–water partition coefficient (Wildman–Crippen LogP) is 0.0676. The summed E-state index contributed by atoms with van der Waals surface area (Å²) < 4.78 is 25.3. The van der Waals surface area contributed by atoms with Gasteiger partial charge in [-0.1, -0.05) is 0 Å². The van der Waals surface area contributed by atoms with Crippen LogP contribution in [-0.2, 0) is 22.5 Å². The molecule has 1 N–H and O–H groups in total. The molecule has 1 aromatic heterocycles. The standard InChI is InChI=1S/C5H8N2O3S/c1-10-4-7-5(11(8)9)2-3-6-7/h2-3H,4H2,1H3,(H,8,9). The fourth-order valence-corrected chi connectivity index (χ4v) is 1.15. The molecule has 0 amide bonds. The van der Waals surface area contributed by atoms with Gasteiger partial charge in [0.2, 0.25) is 11.1 Å². The summed E-state index contributed by atoms with van der Waals surface area (Å²) in [6, 6.07) is 1.47. The van der Waals surface area contributed by atoms with E-state index in [1.807, 2.05) is 0 Å². The zero-order valence-electron chi connectivity index (χ0n) is 5.93. The summed E-state index contributed by atoms with van der Waals surface area (Å²) in [6.07, 6.45) is 1.45. The van der Waals surface area contributed by atoms with E-state index in [1.165, 1.54) is 24.1 Å². The van der Waals surface area contributed by atoms with E-state index >= 15 is 0 Å². The molecule has 1 atom stereocenters. The first-order chi connectivity index (χ1) is 5.25. The summed E-state index contributed by atoms with van der Waals surface area (Å²) in [5, 5.41) is 4.01. The van der Waals surface area contributed by atoms with Crippen LogP contribution in [0.25, 0.3) is 0 Å². The van der Waals surface area contributed by atoms with Crippen LogP contribution < -0.4 is 0 Å². The van der Waals surface area contributed by atoms with Crippen LogP contribution >= 0.6 is 0 Å². The summed E-state index contributed by atoms with van der Waals surface area (Å²) in [6.45, 7) is 0.189. The van der Waals surface area contributed by atoms with Crippen LogP contribution in [0.15, 0.2) is 17.3 Å². The van der Waals surface area contributed by atoms with Crippen molar-refractivity contribution in [3.05, 3.63) is 12.3 Å². The van der Waals surface area contributed by atoms with Crippen LogP contribution in [0.2, 0.25) is 0 Å². The maximum atomic E-state index is 10.6. The quantitative estimate of drug-likeness (QED) is 0.662. The van der Waals surface area contributed by atoms with Crippen molar-refractivity contribution in [1.29, 1.82) is 0 Å². The predicted molar refractivity (Wildman–Crippen MR) is 38.3 cm³/mol. The highest BCUT2D eigenvalue weighted by Gasteiger charge is 2.06. The molecular weight excluding hydrogens is 168 g/mol. The molecule has 6 heteroatoms. The van der Waals surface area contributed by atoms with Gasteiger partial charge in [-0.2, -0.15) is 5.10 Å². The van der Waals surface area contributed by atoms with Crippen LogP contribution in [0.1, 0.15) is 0 Å². The minimum absolute atomic E-state index is 0.189. The van der Waals surface area contributed by atoms with Crippen LogP contribution in [0.5, 0.6) is 0 Å². The maximum absolute atomic E-state index is 10.6. The fourth-order valence-electron chi connectivity index (χ4n) is 0.688. The van der Waals surface area contributed by atoms with E-state index in [1.54, 1.807) is 0 Å². The van der Waals surface area contributed by atoms with Crippen LogP contribution in [0.3, 0.4) is 0 Å². The Balaban J connectivity index is 2.87. The lowest BCUT2D eigenvalue weighted by Crippen LogP contribution is -2.07. The number of methoxy groups -OCH3 is 1. The van der Waals surface area contributed by atoms with Gasteiger partial charge in [-0.3, -0.25) is 0 Å². The van der Waals surface area contributed by atoms with E-state index in [-0.39, 0.29) is 11.8 Å². The van der Waals surface area contributed by atoms with Crippen LogP contribution in [0, 0.1) is 0 Å². The molecule has 11 heavy (non-hydrogen) atoms. The molecule has 0 aliphatic heterocycles. The molecule has 5 nitrogen and oxygen atoms in total. The minimum Gasteiger partial charge on any atom is -0.362 e. The Morgan fingerprint density at radius 1 is 1.91 bits per heavy atom. The molecule has 62 valence electrons. The summed E-state index contributed by atoms with van der Waals surface area (Å²) in [5.41, 5.74) is 0. The third-order valence-electron chi connectivity index (χ3n) is 1.11. The molecule has 0 spiro atoms. The smallest absolute Gasteiger partial charge is 0.205 e. The molecule has 0 bridgehead atoms. The molecule has 1 rings (SSSR count). The Labute approximate surface area is 66.3 Å². The van der Waals surface area contributed by atoms with Gasteiger partial charge in [-0.15, -0.1) is 0 Å². The normalized spacial score (nSPS) is 13.3. The molecule has 0 aromatic carbocycles. The second kappa shape index (κ2) is 3.61. The second-order valence-corrected chi connectivity index (χ2v) is 2.75. The molecular formula is C5H8N2O3S. The van der Waals surface area contributed by atoms with Crippen molar-refractivity contribution < 1.29 is 13.5 Å². The molecule has 1 aromatic rings. The van der Waals surface area contributed by atoms with Crippen molar-refractivity contribution in [3.8, 4) is 0 Å². The lowest BCUT2D eigenvalue weighted by Gasteiger charge is -2.00. The van der Waals surface area contributed by atoms with Gasteiger partial charge in [0, 0.05) is 7.11 Å². The maximum Gasteiger partial charge on any atom is 0.205 e. The van der Waals surface area contributed by atoms with Crippen molar-refractivity contribution in [2.75, 3.05) is 7.11 Å². The Morgan fingerprint density at radius 3 is 3.18 bits per heavy atom. The van der Waals surface area contributed by atoms with Gasteiger partial charge in [0.1, 0.15) is 6.73 Å². The van der Waals surface area contributed by atoms with Gasteiger partial charge in [0.15, 0.2) is 5.03 Å². The third-order valence-corrected chi connectivity index (χ3v) is 1.81. The molecule has 1 heterocycles. The Bertz CT molecular complexity index is 260. The first-order valence-corrected chi connectivity index (χ1v) is 3.98. The number of aromatic nitrogens is 2. The highest BCUT2D eigenvalue weighted by molar-refractivity contribution is 7.79. The van der Waals surface area contributed by atoms with Gasteiger partial charge < -0.3 is 9.29 Å². The summed E-state index contributed by atoms with van der Waals surface area (Å²) in [7, 11) is 1.49. The van der Waals surface area contributed by atoms with Crippen LogP contribution in [0.4, 0.5) is 0 Å². The SMILES string of the molecule is COCn1nccc1S(=O)O. The zero-order chi connectivity index (χ0) is 8.27. The molecule has 0 radical (unpaired) electrons. The summed E-state index contributed by atoms with van der Waals surface area (Å²) in [5.74, 6) is 0. The first-order valence-electron chi connectivity index (χ1n) is 2.87. The minimum atomic E-state index is -1.99. The van der Waals surface area contributed by atoms with E-state index in [0.29, 0.717) is 0 Å². The van der Waals surface area contributed by atoms with Gasteiger partial charge in [-0.05, 0) is 6.07 Å². The van der Waals surface area contributed by atoms with Crippen molar-refractivity contribution in [3.63, 3.8) is 0 Å². The highest BCUT2D eigenvalue weighted by atomic mass is 32.2. The number of hydrogen-bond acceptors (Lipinski definition) is 3. The molecule has 0 saturated heterocycles. The third kappa shape index (κ3) is 1.86. The topological polar surface area (TPSA) is 64.4 Å². The molecule has 0 saturated carbocycles. The van der Waals surface area contributed by atoms with E-state index in [0.717, 1.165) is 0 Å². The fraction of sp³-hybridized carbons (Fsp3) is 0.400. The second-order valence-electron chi connectivity index (χ2n) is 1.84. The molecule has 0 fully saturated rings. The molecule has 0 aliphatic rings. The van der Waals surface area contributed by atoms with E-state index < -0.39 is 11.1 Å². The van der Waals surface area contributed by atoms with E-state index in [9.17, 15) is 4.21 Å². The molecule has 1 unspecified atom stereocenters. The largest absolute Gasteiger partial charge is 0.362 e. The zero-order valence-corrected chi connectivity index (χ0v) is 6.74. The summed E-state index contributed by atoms with van der Waals surface area (Å²) in [4.78, 5) is 0.